The third-order valence-corrected chi connectivity index (χ3v) is 5.24. The van der Waals surface area contributed by atoms with Gasteiger partial charge in [0.05, 0.1) is 18.8 Å². The van der Waals surface area contributed by atoms with E-state index in [2.05, 4.69) is 13.0 Å². The first kappa shape index (κ1) is 22.8. The molecule has 0 aliphatic carbocycles. The monoisotopic (exact) mass is 416 g/mol. The molecule has 0 bridgehead atoms. The minimum absolute atomic E-state index is 0.468. The minimum Gasteiger partial charge on any atom is -0.493 e. The first-order valence-corrected chi connectivity index (χ1v) is 11.0. The van der Waals surface area contributed by atoms with Crippen LogP contribution in [0.15, 0.2) is 84.9 Å². The Bertz CT molecular complexity index is 949. The lowest BCUT2D eigenvalue weighted by atomic mass is 10.00. The van der Waals surface area contributed by atoms with Gasteiger partial charge in [-0.05, 0) is 34.7 Å². The Hall–Kier alpha value is -2.88. The van der Waals surface area contributed by atoms with Crippen LogP contribution in [0.1, 0.15) is 48.1 Å². The maximum absolute atomic E-state index is 10.5. The molecular weight excluding hydrogens is 384 g/mol. The summed E-state index contributed by atoms with van der Waals surface area (Å²) >= 11 is 0. The van der Waals surface area contributed by atoms with Gasteiger partial charge < -0.3 is 14.9 Å². The highest BCUT2D eigenvalue weighted by atomic mass is 16.5. The van der Waals surface area contributed by atoms with Gasteiger partial charge in [-0.25, -0.2) is 0 Å². The van der Waals surface area contributed by atoms with Gasteiger partial charge in [-0.1, -0.05) is 98.3 Å². The highest BCUT2D eigenvalue weighted by molar-refractivity contribution is 5.51. The molecule has 0 radical (unpaired) electrons. The summed E-state index contributed by atoms with van der Waals surface area (Å²) in [4.78, 5) is 0. The van der Waals surface area contributed by atoms with E-state index in [-0.39, 0.29) is 0 Å². The van der Waals surface area contributed by atoms with E-state index < -0.39 is 12.2 Å². The molecule has 2 atom stereocenters. The van der Waals surface area contributed by atoms with E-state index in [0.29, 0.717) is 19.4 Å². The first-order valence-electron chi connectivity index (χ1n) is 11.0. The van der Waals surface area contributed by atoms with Gasteiger partial charge in [-0.3, -0.25) is 0 Å². The molecule has 3 aromatic carbocycles. The first-order chi connectivity index (χ1) is 15.2. The van der Waals surface area contributed by atoms with E-state index >= 15 is 0 Å². The zero-order chi connectivity index (χ0) is 21.9. The van der Waals surface area contributed by atoms with Gasteiger partial charge in [0.25, 0.3) is 0 Å². The topological polar surface area (TPSA) is 49.7 Å². The van der Waals surface area contributed by atoms with E-state index in [1.165, 1.54) is 5.56 Å². The van der Waals surface area contributed by atoms with Gasteiger partial charge in [0.1, 0.15) is 5.75 Å². The number of rotatable bonds is 11. The Kier molecular flexibility index (Phi) is 8.89. The molecule has 3 heteroatoms. The maximum Gasteiger partial charge on any atom is 0.122 e. The van der Waals surface area contributed by atoms with Gasteiger partial charge in [0, 0.05) is 12.8 Å². The molecule has 0 amide bonds. The lowest BCUT2D eigenvalue weighted by molar-refractivity contribution is 0.178. The summed E-state index contributed by atoms with van der Waals surface area (Å²) in [7, 11) is 0. The van der Waals surface area contributed by atoms with Crippen molar-refractivity contribution in [1.82, 2.24) is 0 Å². The number of ether oxygens (including phenoxy) is 1. The van der Waals surface area contributed by atoms with Gasteiger partial charge in [-0.2, -0.15) is 0 Å². The Morgan fingerprint density at radius 2 is 1.68 bits per heavy atom. The van der Waals surface area contributed by atoms with Crippen molar-refractivity contribution in [2.24, 2.45) is 0 Å². The Morgan fingerprint density at radius 1 is 0.903 bits per heavy atom. The minimum atomic E-state index is -0.572. The largest absolute Gasteiger partial charge is 0.493 e. The fourth-order valence-electron chi connectivity index (χ4n) is 3.57. The van der Waals surface area contributed by atoms with Crippen molar-refractivity contribution >= 4 is 6.08 Å². The van der Waals surface area contributed by atoms with Gasteiger partial charge >= 0.3 is 0 Å². The van der Waals surface area contributed by atoms with Gasteiger partial charge in [0.2, 0.25) is 0 Å². The lowest BCUT2D eigenvalue weighted by Gasteiger charge is -2.12. The molecule has 3 nitrogen and oxygen atoms in total. The SMILES string of the molecule is CCCc1ccccc1OCC[C@@H](O)/C=C/c1cccc(C[C@H](O)c2ccccc2)c1. The Morgan fingerprint density at radius 3 is 2.48 bits per heavy atom. The van der Waals surface area contributed by atoms with Crippen LogP contribution in [0, 0.1) is 0 Å². The number of aliphatic hydroxyl groups is 2. The Labute approximate surface area is 185 Å². The van der Waals surface area contributed by atoms with E-state index in [1.807, 2.05) is 78.9 Å². The molecule has 0 saturated carbocycles. The average molecular weight is 417 g/mol. The fraction of sp³-hybridized carbons (Fsp3) is 0.286. The van der Waals surface area contributed by atoms with Crippen molar-refractivity contribution in [3.05, 3.63) is 107 Å². The van der Waals surface area contributed by atoms with Crippen molar-refractivity contribution in [1.29, 1.82) is 0 Å². The molecule has 0 unspecified atom stereocenters. The molecule has 0 fully saturated rings. The maximum atomic E-state index is 10.5. The van der Waals surface area contributed by atoms with Crippen LogP contribution in [0.3, 0.4) is 0 Å². The Balaban J connectivity index is 1.50. The number of benzene rings is 3. The zero-order valence-electron chi connectivity index (χ0n) is 18.2. The van der Waals surface area contributed by atoms with Gasteiger partial charge in [-0.15, -0.1) is 0 Å². The molecular formula is C28H32O3. The summed E-state index contributed by atoms with van der Waals surface area (Å²) < 4.78 is 5.90. The van der Waals surface area contributed by atoms with Crippen molar-refractivity contribution in [2.45, 2.75) is 44.8 Å². The third kappa shape index (κ3) is 7.39. The molecule has 0 saturated heterocycles. The molecule has 3 aromatic rings. The molecule has 0 spiro atoms. The van der Waals surface area contributed by atoms with Crippen LogP contribution < -0.4 is 4.74 Å². The highest BCUT2D eigenvalue weighted by Crippen LogP contribution is 2.21. The highest BCUT2D eigenvalue weighted by Gasteiger charge is 2.08. The number of hydrogen-bond donors (Lipinski definition) is 2. The molecule has 0 heterocycles. The van der Waals surface area contributed by atoms with E-state index in [9.17, 15) is 10.2 Å². The van der Waals surface area contributed by atoms with Crippen molar-refractivity contribution in [2.75, 3.05) is 6.61 Å². The third-order valence-electron chi connectivity index (χ3n) is 5.24. The summed E-state index contributed by atoms with van der Waals surface area (Å²) in [5.41, 5.74) is 4.19. The molecule has 2 N–H and O–H groups in total. The number of aryl methyl sites for hydroxylation is 1. The summed E-state index contributed by atoms with van der Waals surface area (Å²) in [5, 5.41) is 20.8. The molecule has 31 heavy (non-hydrogen) atoms. The standard InChI is InChI=1S/C28H32O3/c1-2-9-25-14-6-7-15-28(25)31-19-18-26(29)17-16-22-10-8-11-23(20-22)21-27(30)24-12-4-3-5-13-24/h3-8,10-17,20,26-27,29-30H,2,9,18-19,21H2,1H3/b17-16+/t26-,27-/m0/s1. The van der Waals surface area contributed by atoms with Crippen LogP contribution in [-0.2, 0) is 12.8 Å². The van der Waals surface area contributed by atoms with E-state index in [0.717, 1.165) is 35.3 Å². The summed E-state index contributed by atoms with van der Waals surface area (Å²) in [6.45, 7) is 2.62. The molecule has 0 aromatic heterocycles. The number of hydrogen-bond acceptors (Lipinski definition) is 3. The predicted octanol–water partition coefficient (Wildman–Crippen LogP) is 5.76. The van der Waals surface area contributed by atoms with Crippen LogP contribution in [0.2, 0.25) is 0 Å². The molecule has 0 aliphatic heterocycles. The van der Waals surface area contributed by atoms with Crippen LogP contribution in [0.4, 0.5) is 0 Å². The number of aliphatic hydroxyl groups excluding tert-OH is 2. The summed E-state index contributed by atoms with van der Waals surface area (Å²) in [5.74, 6) is 0.908. The lowest BCUT2D eigenvalue weighted by Crippen LogP contribution is -2.09. The molecule has 3 rings (SSSR count). The van der Waals surface area contributed by atoms with Crippen molar-refractivity contribution in [3.63, 3.8) is 0 Å². The average Bonchev–Trinajstić information content (AvgIpc) is 2.80. The molecule has 0 aliphatic rings. The quantitative estimate of drug-likeness (QED) is 0.418. The van der Waals surface area contributed by atoms with Crippen LogP contribution in [-0.4, -0.2) is 22.9 Å². The normalized spacial score (nSPS) is 13.3. The number of para-hydroxylation sites is 1. The van der Waals surface area contributed by atoms with Gasteiger partial charge in [0.15, 0.2) is 0 Å². The summed E-state index contributed by atoms with van der Waals surface area (Å²) in [6, 6.07) is 25.8. The smallest absolute Gasteiger partial charge is 0.122 e. The summed E-state index contributed by atoms with van der Waals surface area (Å²) in [6.07, 6.45) is 5.78. The van der Waals surface area contributed by atoms with E-state index in [4.69, 9.17) is 4.74 Å². The van der Waals surface area contributed by atoms with E-state index in [1.54, 1.807) is 6.08 Å². The predicted molar refractivity (Wildman–Crippen MR) is 127 cm³/mol. The fourth-order valence-corrected chi connectivity index (χ4v) is 3.57. The second-order valence-corrected chi connectivity index (χ2v) is 7.80. The van der Waals surface area contributed by atoms with Crippen LogP contribution in [0.25, 0.3) is 6.08 Å². The zero-order valence-corrected chi connectivity index (χ0v) is 18.2. The van der Waals surface area contributed by atoms with Crippen molar-refractivity contribution < 1.29 is 14.9 Å². The van der Waals surface area contributed by atoms with Crippen LogP contribution >= 0.6 is 0 Å². The molecule has 162 valence electrons. The second kappa shape index (κ2) is 12.1. The van der Waals surface area contributed by atoms with Crippen LogP contribution in [0.5, 0.6) is 5.75 Å². The van der Waals surface area contributed by atoms with Crippen molar-refractivity contribution in [3.8, 4) is 5.75 Å². The second-order valence-electron chi connectivity index (χ2n) is 7.80.